The fourth-order valence-corrected chi connectivity index (χ4v) is 4.63. The van der Waals surface area contributed by atoms with Gasteiger partial charge in [0.15, 0.2) is 11.5 Å². The van der Waals surface area contributed by atoms with Crippen molar-refractivity contribution in [3.63, 3.8) is 0 Å². The van der Waals surface area contributed by atoms with E-state index in [0.29, 0.717) is 45.1 Å². The lowest BCUT2D eigenvalue weighted by atomic mass is 9.92. The van der Waals surface area contributed by atoms with Crippen molar-refractivity contribution in [3.8, 4) is 22.6 Å². The van der Waals surface area contributed by atoms with Gasteiger partial charge >= 0.3 is 11.9 Å². The van der Waals surface area contributed by atoms with Gasteiger partial charge in [-0.3, -0.25) is 4.98 Å². The zero-order chi connectivity index (χ0) is 25.0. The lowest BCUT2D eigenvalue weighted by Crippen LogP contribution is -2.16. The second-order valence-corrected chi connectivity index (χ2v) is 9.07. The SMILES string of the molecule is COC(=O)c1c(C)nc(C)c(C(=O)OC)c1-c1cc(Br)c(OCc2cccc(Br)c2)c(OC)c1. The average Bonchev–Trinajstić information content (AvgIpc) is 2.81. The Morgan fingerprint density at radius 3 is 2.06 bits per heavy atom. The van der Waals surface area contributed by atoms with Gasteiger partial charge in [-0.05, 0) is 65.2 Å². The van der Waals surface area contributed by atoms with E-state index in [1.165, 1.54) is 21.3 Å². The molecule has 3 rings (SSSR count). The van der Waals surface area contributed by atoms with Crippen LogP contribution in [-0.2, 0) is 16.1 Å². The number of hydrogen-bond acceptors (Lipinski definition) is 7. The van der Waals surface area contributed by atoms with Crippen LogP contribution in [0, 0.1) is 13.8 Å². The van der Waals surface area contributed by atoms with E-state index in [2.05, 4.69) is 36.8 Å². The van der Waals surface area contributed by atoms with Gasteiger partial charge in [-0.25, -0.2) is 9.59 Å². The number of methoxy groups -OCH3 is 3. The highest BCUT2D eigenvalue weighted by atomic mass is 79.9. The van der Waals surface area contributed by atoms with E-state index < -0.39 is 11.9 Å². The summed E-state index contributed by atoms with van der Waals surface area (Å²) in [5, 5.41) is 0. The molecule has 0 bridgehead atoms. The summed E-state index contributed by atoms with van der Waals surface area (Å²) in [7, 11) is 4.07. The molecule has 34 heavy (non-hydrogen) atoms. The van der Waals surface area contributed by atoms with Crippen molar-refractivity contribution in [2.45, 2.75) is 20.5 Å². The Morgan fingerprint density at radius 2 is 1.53 bits per heavy atom. The number of benzene rings is 2. The van der Waals surface area contributed by atoms with Gasteiger partial charge in [0, 0.05) is 10.0 Å². The summed E-state index contributed by atoms with van der Waals surface area (Å²) in [6.07, 6.45) is 0. The maximum atomic E-state index is 12.7. The van der Waals surface area contributed by atoms with Gasteiger partial charge in [-0.1, -0.05) is 28.1 Å². The fraction of sp³-hybridized carbons (Fsp3) is 0.240. The molecule has 1 heterocycles. The summed E-state index contributed by atoms with van der Waals surface area (Å²) < 4.78 is 23.2. The lowest BCUT2D eigenvalue weighted by molar-refractivity contribution is 0.0599. The van der Waals surface area contributed by atoms with Crippen LogP contribution < -0.4 is 9.47 Å². The topological polar surface area (TPSA) is 84.0 Å². The van der Waals surface area contributed by atoms with Gasteiger partial charge in [-0.15, -0.1) is 0 Å². The molecular formula is C25H23Br2NO6. The van der Waals surface area contributed by atoms with Crippen molar-refractivity contribution in [2.24, 2.45) is 0 Å². The first-order valence-electron chi connectivity index (χ1n) is 10.1. The minimum Gasteiger partial charge on any atom is -0.493 e. The Kier molecular flexibility index (Phi) is 8.33. The van der Waals surface area contributed by atoms with E-state index >= 15 is 0 Å². The number of carbonyl (C=O) groups excluding carboxylic acids is 2. The van der Waals surface area contributed by atoms with Crippen LogP contribution in [0.2, 0.25) is 0 Å². The van der Waals surface area contributed by atoms with Gasteiger partial charge in [0.25, 0.3) is 0 Å². The molecule has 9 heteroatoms. The van der Waals surface area contributed by atoms with Gasteiger partial charge in [0.1, 0.15) is 6.61 Å². The summed E-state index contributed by atoms with van der Waals surface area (Å²) in [6, 6.07) is 11.2. The second kappa shape index (κ2) is 11.0. The molecule has 0 radical (unpaired) electrons. The van der Waals surface area contributed by atoms with Crippen LogP contribution >= 0.6 is 31.9 Å². The average molecular weight is 593 g/mol. The lowest BCUT2D eigenvalue weighted by Gasteiger charge is -2.19. The Morgan fingerprint density at radius 1 is 0.912 bits per heavy atom. The number of hydrogen-bond donors (Lipinski definition) is 0. The van der Waals surface area contributed by atoms with Crippen LogP contribution in [0.15, 0.2) is 45.3 Å². The van der Waals surface area contributed by atoms with Crippen molar-refractivity contribution in [2.75, 3.05) is 21.3 Å². The summed E-state index contributed by atoms with van der Waals surface area (Å²) >= 11 is 7.01. The number of aromatic nitrogens is 1. The molecule has 0 N–H and O–H groups in total. The molecule has 7 nitrogen and oxygen atoms in total. The molecule has 0 saturated carbocycles. The fourth-order valence-electron chi connectivity index (χ4n) is 3.63. The van der Waals surface area contributed by atoms with Crippen molar-refractivity contribution >= 4 is 43.8 Å². The number of rotatable bonds is 7. The third-order valence-corrected chi connectivity index (χ3v) is 6.21. The summed E-state index contributed by atoms with van der Waals surface area (Å²) in [4.78, 5) is 29.8. The molecule has 0 aliphatic rings. The van der Waals surface area contributed by atoms with Crippen LogP contribution in [0.25, 0.3) is 11.1 Å². The highest BCUT2D eigenvalue weighted by Crippen LogP contribution is 2.42. The number of ether oxygens (including phenoxy) is 4. The first-order chi connectivity index (χ1) is 16.2. The largest absolute Gasteiger partial charge is 0.493 e. The number of carbonyl (C=O) groups is 2. The number of nitrogens with zero attached hydrogens (tertiary/aromatic N) is 1. The van der Waals surface area contributed by atoms with Crippen molar-refractivity contribution < 1.29 is 28.5 Å². The highest BCUT2D eigenvalue weighted by molar-refractivity contribution is 9.10. The van der Waals surface area contributed by atoms with Crippen molar-refractivity contribution in [1.82, 2.24) is 4.98 Å². The molecule has 3 aromatic rings. The third-order valence-electron chi connectivity index (χ3n) is 5.13. The molecule has 0 aliphatic heterocycles. The maximum absolute atomic E-state index is 12.7. The Labute approximate surface area is 214 Å². The van der Waals surface area contributed by atoms with Gasteiger partial charge in [0.05, 0.1) is 48.3 Å². The second-order valence-electron chi connectivity index (χ2n) is 7.30. The first kappa shape index (κ1) is 25.7. The van der Waals surface area contributed by atoms with Crippen molar-refractivity contribution in [1.29, 1.82) is 0 Å². The Balaban J connectivity index is 2.19. The standard InChI is InChI=1S/C25H23Br2NO6/c1-13-20(24(29)32-4)22(21(14(2)28-13)25(30)33-5)16-10-18(27)23(19(11-16)31-3)34-12-15-7-6-8-17(26)9-15/h6-11H,12H2,1-5H3. The molecule has 0 spiro atoms. The molecule has 0 atom stereocenters. The van der Waals surface area contributed by atoms with Gasteiger partial charge in [-0.2, -0.15) is 0 Å². The number of aryl methyl sites for hydroxylation is 2. The summed E-state index contributed by atoms with van der Waals surface area (Å²) in [5.41, 5.74) is 3.05. The van der Waals surface area contributed by atoms with Crippen LogP contribution in [0.3, 0.4) is 0 Å². The zero-order valence-corrected chi connectivity index (χ0v) is 22.5. The third kappa shape index (κ3) is 5.26. The molecule has 178 valence electrons. The van der Waals surface area contributed by atoms with Crippen molar-refractivity contribution in [3.05, 3.63) is 73.4 Å². The summed E-state index contributed by atoms with van der Waals surface area (Å²) in [5.74, 6) is -0.337. The molecule has 0 saturated heterocycles. The number of esters is 2. The summed E-state index contributed by atoms with van der Waals surface area (Å²) in [6.45, 7) is 3.68. The Bertz CT molecular complexity index is 1220. The molecular weight excluding hydrogens is 570 g/mol. The van der Waals surface area contributed by atoms with Crippen LogP contribution in [-0.4, -0.2) is 38.3 Å². The monoisotopic (exact) mass is 591 g/mol. The van der Waals surface area contributed by atoms with Crippen LogP contribution in [0.4, 0.5) is 0 Å². The minimum absolute atomic E-state index is 0.172. The zero-order valence-electron chi connectivity index (χ0n) is 19.3. The predicted molar refractivity (Wildman–Crippen MR) is 135 cm³/mol. The molecule has 1 aromatic heterocycles. The normalized spacial score (nSPS) is 10.6. The number of pyridine rings is 1. The quantitative estimate of drug-likeness (QED) is 0.309. The Hall–Kier alpha value is -2.91. The van der Waals surface area contributed by atoms with E-state index in [1.807, 2.05) is 24.3 Å². The molecule has 2 aromatic carbocycles. The first-order valence-corrected chi connectivity index (χ1v) is 11.7. The minimum atomic E-state index is -0.616. The van der Waals surface area contributed by atoms with E-state index in [-0.39, 0.29) is 11.1 Å². The maximum Gasteiger partial charge on any atom is 0.340 e. The van der Waals surface area contributed by atoms with E-state index in [0.717, 1.165) is 10.0 Å². The van der Waals surface area contributed by atoms with E-state index in [1.54, 1.807) is 26.0 Å². The number of halogens is 2. The molecule has 0 aliphatic carbocycles. The molecule has 0 unspecified atom stereocenters. The van der Waals surface area contributed by atoms with Gasteiger partial charge < -0.3 is 18.9 Å². The van der Waals surface area contributed by atoms with Crippen LogP contribution in [0.1, 0.15) is 37.7 Å². The molecule has 0 amide bonds. The highest BCUT2D eigenvalue weighted by Gasteiger charge is 2.28. The smallest absolute Gasteiger partial charge is 0.340 e. The predicted octanol–water partition coefficient (Wildman–Crippen LogP) is 6.05. The van der Waals surface area contributed by atoms with Crippen LogP contribution in [0.5, 0.6) is 11.5 Å². The molecule has 0 fully saturated rings. The van der Waals surface area contributed by atoms with Gasteiger partial charge in [0.2, 0.25) is 0 Å². The van der Waals surface area contributed by atoms with E-state index in [9.17, 15) is 9.59 Å². The van der Waals surface area contributed by atoms with E-state index in [4.69, 9.17) is 18.9 Å².